The van der Waals surface area contributed by atoms with E-state index in [0.717, 1.165) is 6.07 Å². The van der Waals surface area contributed by atoms with Gasteiger partial charge in [-0.25, -0.2) is 4.39 Å². The van der Waals surface area contributed by atoms with Crippen LogP contribution in [-0.2, 0) is 0 Å². The normalized spacial score (nSPS) is 10.4. The average Bonchev–Trinajstić information content (AvgIpc) is 2.69. The smallest absolute Gasteiger partial charge is 0.283 e. The minimum Gasteiger partial charge on any atom is -0.464 e. The molecule has 0 bridgehead atoms. The van der Waals surface area contributed by atoms with Gasteiger partial charge in [0.2, 0.25) is 0 Å². The molecule has 1 aromatic heterocycles. The van der Waals surface area contributed by atoms with Crippen molar-refractivity contribution in [3.05, 3.63) is 52.0 Å². The zero-order valence-electron chi connectivity index (χ0n) is 8.44. The van der Waals surface area contributed by atoms with E-state index in [-0.39, 0.29) is 5.69 Å². The molecular formula is C11H8FNO3. The van der Waals surface area contributed by atoms with Gasteiger partial charge in [0.05, 0.1) is 22.8 Å². The standard InChI is InChI=1S/C11H8FNO3/c1-7-5-8(12)6-9(13(14)15)11(7)10-3-2-4-16-10/h2-6H,1H3. The first kappa shape index (κ1) is 10.4. The molecule has 0 spiro atoms. The van der Waals surface area contributed by atoms with E-state index >= 15 is 0 Å². The van der Waals surface area contributed by atoms with E-state index in [1.165, 1.54) is 12.3 Å². The summed E-state index contributed by atoms with van der Waals surface area (Å²) in [6.45, 7) is 1.61. The fourth-order valence-corrected chi connectivity index (χ4v) is 1.61. The maximum Gasteiger partial charge on any atom is 0.283 e. The second kappa shape index (κ2) is 3.77. The number of aryl methyl sites for hydroxylation is 1. The lowest BCUT2D eigenvalue weighted by molar-refractivity contribution is -0.384. The largest absolute Gasteiger partial charge is 0.464 e. The van der Waals surface area contributed by atoms with Crippen molar-refractivity contribution in [2.75, 3.05) is 0 Å². The van der Waals surface area contributed by atoms with Gasteiger partial charge in [-0.1, -0.05) is 0 Å². The number of furan rings is 1. The molecule has 2 aromatic rings. The van der Waals surface area contributed by atoms with Crippen LogP contribution < -0.4 is 0 Å². The molecular weight excluding hydrogens is 213 g/mol. The Morgan fingerprint density at radius 2 is 2.19 bits per heavy atom. The second-order valence-electron chi connectivity index (χ2n) is 3.35. The number of halogens is 1. The zero-order valence-corrected chi connectivity index (χ0v) is 8.44. The lowest BCUT2D eigenvalue weighted by Crippen LogP contribution is -1.95. The lowest BCUT2D eigenvalue weighted by atomic mass is 10.0. The molecule has 1 heterocycles. The van der Waals surface area contributed by atoms with Crippen LogP contribution in [0.25, 0.3) is 11.3 Å². The third-order valence-electron chi connectivity index (χ3n) is 2.24. The van der Waals surface area contributed by atoms with Crippen LogP contribution in [0.15, 0.2) is 34.9 Å². The van der Waals surface area contributed by atoms with E-state index in [2.05, 4.69) is 0 Å². The summed E-state index contributed by atoms with van der Waals surface area (Å²) in [7, 11) is 0. The van der Waals surface area contributed by atoms with Crippen LogP contribution in [-0.4, -0.2) is 4.92 Å². The summed E-state index contributed by atoms with van der Waals surface area (Å²) >= 11 is 0. The van der Waals surface area contributed by atoms with Crippen LogP contribution in [0, 0.1) is 22.9 Å². The molecule has 0 saturated heterocycles. The predicted octanol–water partition coefficient (Wildman–Crippen LogP) is 3.30. The number of nitro benzene ring substituents is 1. The van der Waals surface area contributed by atoms with E-state index in [4.69, 9.17) is 4.42 Å². The fourth-order valence-electron chi connectivity index (χ4n) is 1.61. The molecule has 0 aliphatic heterocycles. The Morgan fingerprint density at radius 1 is 1.44 bits per heavy atom. The van der Waals surface area contributed by atoms with Crippen molar-refractivity contribution in [3.8, 4) is 11.3 Å². The Bertz CT molecular complexity index is 534. The molecule has 0 saturated carbocycles. The Kier molecular flexibility index (Phi) is 2.44. The minimum atomic E-state index is -0.625. The van der Waals surface area contributed by atoms with Crippen LogP contribution in [0.4, 0.5) is 10.1 Å². The van der Waals surface area contributed by atoms with Crippen molar-refractivity contribution in [1.29, 1.82) is 0 Å². The van der Waals surface area contributed by atoms with Crippen LogP contribution in [0.5, 0.6) is 0 Å². The molecule has 2 rings (SSSR count). The Morgan fingerprint density at radius 3 is 2.75 bits per heavy atom. The molecule has 82 valence electrons. The quantitative estimate of drug-likeness (QED) is 0.577. The van der Waals surface area contributed by atoms with Gasteiger partial charge in [0.1, 0.15) is 11.6 Å². The van der Waals surface area contributed by atoms with Gasteiger partial charge in [-0.3, -0.25) is 10.1 Å². The van der Waals surface area contributed by atoms with Crippen molar-refractivity contribution in [2.24, 2.45) is 0 Å². The highest BCUT2D eigenvalue weighted by molar-refractivity contribution is 5.73. The molecule has 0 radical (unpaired) electrons. The SMILES string of the molecule is Cc1cc(F)cc([N+](=O)[O-])c1-c1ccco1. The highest BCUT2D eigenvalue weighted by Gasteiger charge is 2.21. The molecule has 16 heavy (non-hydrogen) atoms. The van der Waals surface area contributed by atoms with Crippen molar-refractivity contribution < 1.29 is 13.7 Å². The van der Waals surface area contributed by atoms with E-state index in [1.807, 2.05) is 0 Å². The highest BCUT2D eigenvalue weighted by atomic mass is 19.1. The molecule has 4 nitrogen and oxygen atoms in total. The van der Waals surface area contributed by atoms with E-state index in [1.54, 1.807) is 19.1 Å². The Labute approximate surface area is 90.5 Å². The molecule has 0 unspecified atom stereocenters. The summed E-state index contributed by atoms with van der Waals surface area (Å²) in [5, 5.41) is 10.8. The van der Waals surface area contributed by atoms with Gasteiger partial charge < -0.3 is 4.42 Å². The van der Waals surface area contributed by atoms with Gasteiger partial charge in [-0.05, 0) is 30.7 Å². The number of nitro groups is 1. The first-order valence-corrected chi connectivity index (χ1v) is 4.58. The average molecular weight is 221 g/mol. The first-order chi connectivity index (χ1) is 7.59. The zero-order chi connectivity index (χ0) is 11.7. The summed E-state index contributed by atoms with van der Waals surface area (Å²) in [6.07, 6.45) is 1.42. The number of rotatable bonds is 2. The van der Waals surface area contributed by atoms with Crippen molar-refractivity contribution in [2.45, 2.75) is 6.92 Å². The van der Waals surface area contributed by atoms with Gasteiger partial charge in [-0.2, -0.15) is 0 Å². The molecule has 0 aliphatic carbocycles. The predicted molar refractivity (Wildman–Crippen MR) is 55.5 cm³/mol. The summed E-state index contributed by atoms with van der Waals surface area (Å²) in [5.74, 6) is -0.260. The van der Waals surface area contributed by atoms with Crippen LogP contribution >= 0.6 is 0 Å². The lowest BCUT2D eigenvalue weighted by Gasteiger charge is -2.04. The van der Waals surface area contributed by atoms with Gasteiger partial charge >= 0.3 is 0 Å². The van der Waals surface area contributed by atoms with Crippen LogP contribution in [0.2, 0.25) is 0 Å². The second-order valence-corrected chi connectivity index (χ2v) is 3.35. The third kappa shape index (κ3) is 1.67. The Hall–Kier alpha value is -2.17. The minimum absolute atomic E-state index is 0.285. The molecule has 0 fully saturated rings. The first-order valence-electron chi connectivity index (χ1n) is 4.58. The fraction of sp³-hybridized carbons (Fsp3) is 0.0909. The van der Waals surface area contributed by atoms with Gasteiger partial charge in [-0.15, -0.1) is 0 Å². The third-order valence-corrected chi connectivity index (χ3v) is 2.24. The van der Waals surface area contributed by atoms with Crippen molar-refractivity contribution >= 4 is 5.69 Å². The van der Waals surface area contributed by atoms with Crippen LogP contribution in [0.3, 0.4) is 0 Å². The summed E-state index contributed by atoms with van der Waals surface area (Å²) < 4.78 is 18.2. The van der Waals surface area contributed by atoms with Crippen LogP contribution in [0.1, 0.15) is 5.56 Å². The van der Waals surface area contributed by atoms with E-state index < -0.39 is 10.7 Å². The number of nitrogens with zero attached hydrogens (tertiary/aromatic N) is 1. The van der Waals surface area contributed by atoms with Gasteiger partial charge in [0.15, 0.2) is 0 Å². The summed E-state index contributed by atoms with van der Waals surface area (Å²) in [6, 6.07) is 5.37. The highest BCUT2D eigenvalue weighted by Crippen LogP contribution is 2.33. The van der Waals surface area contributed by atoms with Crippen molar-refractivity contribution in [3.63, 3.8) is 0 Å². The molecule has 0 aliphatic rings. The molecule has 0 amide bonds. The molecule has 0 N–H and O–H groups in total. The molecule has 1 aromatic carbocycles. The Balaban J connectivity index is 2.72. The van der Waals surface area contributed by atoms with Crippen molar-refractivity contribution in [1.82, 2.24) is 0 Å². The monoisotopic (exact) mass is 221 g/mol. The topological polar surface area (TPSA) is 56.3 Å². The molecule has 0 atom stereocenters. The molecule has 5 heteroatoms. The number of hydrogen-bond acceptors (Lipinski definition) is 3. The summed E-state index contributed by atoms with van der Waals surface area (Å²) in [5.41, 5.74) is 0.505. The maximum atomic E-state index is 13.1. The summed E-state index contributed by atoms with van der Waals surface area (Å²) in [4.78, 5) is 10.2. The van der Waals surface area contributed by atoms with Gasteiger partial charge in [0, 0.05) is 0 Å². The number of hydrogen-bond donors (Lipinski definition) is 0. The maximum absolute atomic E-state index is 13.1. The van der Waals surface area contributed by atoms with E-state index in [9.17, 15) is 14.5 Å². The van der Waals surface area contributed by atoms with E-state index in [0.29, 0.717) is 16.9 Å². The number of benzene rings is 1. The van der Waals surface area contributed by atoms with Gasteiger partial charge in [0.25, 0.3) is 5.69 Å².